The average molecular weight is 370 g/mol. The topological polar surface area (TPSA) is 63.2 Å². The predicted octanol–water partition coefficient (Wildman–Crippen LogP) is 4.08. The molecule has 2 aromatic rings. The Balaban J connectivity index is 2.05. The number of ketones is 1. The van der Waals surface area contributed by atoms with E-state index in [1.165, 1.54) is 11.8 Å². The molecule has 7 heteroatoms. The molecule has 1 N–H and O–H groups in total. The van der Waals surface area contributed by atoms with Gasteiger partial charge in [0.2, 0.25) is 10.0 Å². The number of rotatable bonds is 6. The van der Waals surface area contributed by atoms with E-state index in [9.17, 15) is 13.2 Å². The van der Waals surface area contributed by atoms with Crippen LogP contribution in [0.25, 0.3) is 0 Å². The molecule has 0 heterocycles. The minimum atomic E-state index is -3.32. The fourth-order valence-corrected chi connectivity index (χ4v) is 3.56. The van der Waals surface area contributed by atoms with Crippen molar-refractivity contribution < 1.29 is 13.2 Å². The standard InChI is InChI=1S/C16H16ClNO3S2/c1-11(22-15-9-5-13(17)6-10-15)16(19)12-3-7-14(8-4-12)18-23(2,20)21/h3-11,18H,1-2H3/t11-/m1/s1. The van der Waals surface area contributed by atoms with E-state index < -0.39 is 10.0 Å². The first-order valence-corrected chi connectivity index (χ1v) is 9.94. The van der Waals surface area contributed by atoms with Gasteiger partial charge in [-0.05, 0) is 55.5 Å². The molecule has 2 aromatic carbocycles. The molecule has 0 amide bonds. The lowest BCUT2D eigenvalue weighted by molar-refractivity contribution is 0.0994. The Hall–Kier alpha value is -1.50. The van der Waals surface area contributed by atoms with Gasteiger partial charge < -0.3 is 0 Å². The summed E-state index contributed by atoms with van der Waals surface area (Å²) in [6, 6.07) is 13.7. The largest absolute Gasteiger partial charge is 0.293 e. The summed E-state index contributed by atoms with van der Waals surface area (Å²) < 4.78 is 24.7. The van der Waals surface area contributed by atoms with E-state index in [-0.39, 0.29) is 11.0 Å². The molecule has 23 heavy (non-hydrogen) atoms. The van der Waals surface area contributed by atoms with E-state index in [1.807, 2.05) is 19.1 Å². The molecule has 0 aromatic heterocycles. The van der Waals surface area contributed by atoms with Crippen molar-refractivity contribution in [2.45, 2.75) is 17.1 Å². The van der Waals surface area contributed by atoms with E-state index >= 15 is 0 Å². The summed E-state index contributed by atoms with van der Waals surface area (Å²) in [5, 5.41) is 0.396. The highest BCUT2D eigenvalue weighted by Crippen LogP contribution is 2.27. The highest BCUT2D eigenvalue weighted by molar-refractivity contribution is 8.00. The predicted molar refractivity (Wildman–Crippen MR) is 96.0 cm³/mol. The van der Waals surface area contributed by atoms with Gasteiger partial charge in [0.1, 0.15) is 0 Å². The molecule has 1 atom stereocenters. The number of benzene rings is 2. The van der Waals surface area contributed by atoms with Crippen LogP contribution in [0, 0.1) is 0 Å². The molecule has 0 unspecified atom stereocenters. The van der Waals surface area contributed by atoms with Gasteiger partial charge in [-0.3, -0.25) is 9.52 Å². The molecule has 2 rings (SSSR count). The Kier molecular flexibility index (Phi) is 5.73. The number of carbonyl (C=O) groups is 1. The maximum atomic E-state index is 12.4. The molecule has 4 nitrogen and oxygen atoms in total. The van der Waals surface area contributed by atoms with Crippen LogP contribution in [-0.2, 0) is 10.0 Å². The third-order valence-electron chi connectivity index (χ3n) is 2.97. The maximum Gasteiger partial charge on any atom is 0.229 e. The van der Waals surface area contributed by atoms with Crippen LogP contribution in [0.5, 0.6) is 0 Å². The summed E-state index contributed by atoms with van der Waals surface area (Å²) in [6.07, 6.45) is 1.08. The second kappa shape index (κ2) is 7.38. The minimum Gasteiger partial charge on any atom is -0.293 e. The van der Waals surface area contributed by atoms with Crippen LogP contribution in [0.1, 0.15) is 17.3 Å². The zero-order chi connectivity index (χ0) is 17.0. The molecule has 0 fully saturated rings. The van der Waals surface area contributed by atoms with Gasteiger partial charge in [-0.25, -0.2) is 8.42 Å². The average Bonchev–Trinajstić information content (AvgIpc) is 2.48. The summed E-state index contributed by atoms with van der Waals surface area (Å²) in [6.45, 7) is 1.84. The van der Waals surface area contributed by atoms with Gasteiger partial charge >= 0.3 is 0 Å². The molecule has 0 radical (unpaired) electrons. The van der Waals surface area contributed by atoms with Crippen molar-refractivity contribution >= 4 is 44.9 Å². The summed E-state index contributed by atoms with van der Waals surface area (Å²) in [5.41, 5.74) is 0.972. The fourth-order valence-electron chi connectivity index (χ4n) is 1.92. The molecule has 0 aliphatic carbocycles. The summed E-state index contributed by atoms with van der Waals surface area (Å²) >= 11 is 7.29. The Morgan fingerprint density at radius 3 is 2.17 bits per heavy atom. The van der Waals surface area contributed by atoms with Gasteiger partial charge in [-0.15, -0.1) is 11.8 Å². The lowest BCUT2D eigenvalue weighted by Crippen LogP contribution is -2.14. The van der Waals surface area contributed by atoms with Crippen LogP contribution in [0.15, 0.2) is 53.4 Å². The van der Waals surface area contributed by atoms with Crippen LogP contribution in [0.3, 0.4) is 0 Å². The Morgan fingerprint density at radius 1 is 1.09 bits per heavy atom. The number of nitrogens with one attached hydrogen (secondary N) is 1. The molecule has 0 spiro atoms. The third-order valence-corrected chi connectivity index (χ3v) is 4.94. The van der Waals surface area contributed by atoms with Gasteiger partial charge in [-0.2, -0.15) is 0 Å². The summed E-state index contributed by atoms with van der Waals surface area (Å²) in [4.78, 5) is 13.4. The fraction of sp³-hybridized carbons (Fsp3) is 0.188. The number of hydrogen-bond acceptors (Lipinski definition) is 4. The van der Waals surface area contributed by atoms with E-state index in [0.717, 1.165) is 11.2 Å². The second-order valence-electron chi connectivity index (χ2n) is 5.03. The molecule has 122 valence electrons. The van der Waals surface area contributed by atoms with Crippen LogP contribution >= 0.6 is 23.4 Å². The zero-order valence-corrected chi connectivity index (χ0v) is 15.0. The van der Waals surface area contributed by atoms with Crippen molar-refractivity contribution in [1.82, 2.24) is 0 Å². The summed E-state index contributed by atoms with van der Waals surface area (Å²) in [5.74, 6) is -0.0177. The molecule has 0 saturated carbocycles. The number of thioether (sulfide) groups is 1. The Morgan fingerprint density at radius 2 is 1.65 bits per heavy atom. The molecule has 0 bridgehead atoms. The first-order valence-electron chi connectivity index (χ1n) is 6.79. The van der Waals surface area contributed by atoms with Crippen molar-refractivity contribution in [2.75, 3.05) is 11.0 Å². The van der Waals surface area contributed by atoms with Crippen molar-refractivity contribution in [2.24, 2.45) is 0 Å². The Labute approximate surface area is 145 Å². The van der Waals surface area contributed by atoms with Gasteiger partial charge in [0.25, 0.3) is 0 Å². The highest BCUT2D eigenvalue weighted by Gasteiger charge is 2.16. The van der Waals surface area contributed by atoms with Crippen molar-refractivity contribution in [3.63, 3.8) is 0 Å². The normalized spacial score (nSPS) is 12.7. The van der Waals surface area contributed by atoms with Gasteiger partial charge in [-0.1, -0.05) is 11.6 Å². The summed E-state index contributed by atoms with van der Waals surface area (Å²) in [7, 11) is -3.32. The van der Waals surface area contributed by atoms with Gasteiger partial charge in [0.15, 0.2) is 5.78 Å². The lowest BCUT2D eigenvalue weighted by Gasteiger charge is -2.11. The van der Waals surface area contributed by atoms with Gasteiger partial charge in [0, 0.05) is 21.2 Å². The maximum absolute atomic E-state index is 12.4. The van der Waals surface area contributed by atoms with E-state index in [4.69, 9.17) is 11.6 Å². The number of hydrogen-bond donors (Lipinski definition) is 1. The first kappa shape index (κ1) is 17.8. The Bertz CT molecular complexity index is 787. The minimum absolute atomic E-state index is 0.0177. The smallest absolute Gasteiger partial charge is 0.229 e. The molecule has 0 aliphatic rings. The van der Waals surface area contributed by atoms with E-state index in [1.54, 1.807) is 36.4 Å². The number of anilines is 1. The SMILES string of the molecule is C[C@@H](Sc1ccc(Cl)cc1)C(=O)c1ccc(NS(C)(=O)=O)cc1. The van der Waals surface area contributed by atoms with Crippen LogP contribution < -0.4 is 4.72 Å². The van der Waals surface area contributed by atoms with Crippen molar-refractivity contribution in [1.29, 1.82) is 0 Å². The van der Waals surface area contributed by atoms with E-state index in [2.05, 4.69) is 4.72 Å². The first-order chi connectivity index (χ1) is 10.7. The van der Waals surface area contributed by atoms with Crippen LogP contribution in [0.2, 0.25) is 5.02 Å². The quantitative estimate of drug-likeness (QED) is 0.615. The number of sulfonamides is 1. The second-order valence-corrected chi connectivity index (χ2v) is 8.63. The third kappa shape index (κ3) is 5.57. The van der Waals surface area contributed by atoms with Crippen LogP contribution in [0.4, 0.5) is 5.69 Å². The molecular formula is C16H16ClNO3S2. The zero-order valence-electron chi connectivity index (χ0n) is 12.6. The van der Waals surface area contributed by atoms with Crippen molar-refractivity contribution in [3.8, 4) is 0 Å². The number of Topliss-reactive ketones (excluding diaryl/α,β-unsaturated/α-hetero) is 1. The van der Waals surface area contributed by atoms with Crippen LogP contribution in [-0.4, -0.2) is 25.7 Å². The molecule has 0 saturated heterocycles. The van der Waals surface area contributed by atoms with Gasteiger partial charge in [0.05, 0.1) is 11.5 Å². The monoisotopic (exact) mass is 369 g/mol. The lowest BCUT2D eigenvalue weighted by atomic mass is 10.1. The van der Waals surface area contributed by atoms with E-state index in [0.29, 0.717) is 16.3 Å². The molecule has 0 aliphatic heterocycles. The molecular weight excluding hydrogens is 354 g/mol. The number of carbonyl (C=O) groups excluding carboxylic acids is 1. The number of halogens is 1. The van der Waals surface area contributed by atoms with Crippen molar-refractivity contribution in [3.05, 3.63) is 59.1 Å². The highest BCUT2D eigenvalue weighted by atomic mass is 35.5.